The first-order chi connectivity index (χ1) is 15.3. The Balaban J connectivity index is 1.45. The Bertz CT molecular complexity index is 1090. The van der Waals surface area contributed by atoms with Gasteiger partial charge in [0, 0.05) is 30.7 Å². The van der Waals surface area contributed by atoms with Crippen LogP contribution >= 0.6 is 11.5 Å². The molecule has 0 saturated heterocycles. The zero-order valence-corrected chi connectivity index (χ0v) is 17.8. The van der Waals surface area contributed by atoms with Crippen molar-refractivity contribution in [3.63, 3.8) is 0 Å². The van der Waals surface area contributed by atoms with Crippen molar-refractivity contribution in [1.82, 2.24) is 19.7 Å². The van der Waals surface area contributed by atoms with Crippen LogP contribution in [-0.2, 0) is 24.3 Å². The molecule has 0 saturated carbocycles. The van der Waals surface area contributed by atoms with E-state index in [1.54, 1.807) is 6.20 Å². The van der Waals surface area contributed by atoms with E-state index in [1.807, 2.05) is 71.6 Å². The molecule has 4 rings (SSSR count). The molecule has 0 aliphatic carbocycles. The van der Waals surface area contributed by atoms with E-state index in [1.165, 1.54) is 11.5 Å². The van der Waals surface area contributed by atoms with Gasteiger partial charge in [0.15, 0.2) is 0 Å². The molecule has 0 radical (unpaired) electrons. The summed E-state index contributed by atoms with van der Waals surface area (Å²) in [5.41, 5.74) is 3.10. The van der Waals surface area contributed by atoms with Gasteiger partial charge in [-0.3, -0.25) is 9.78 Å². The number of anilines is 1. The van der Waals surface area contributed by atoms with Gasteiger partial charge in [0.25, 0.3) is 0 Å². The molecule has 2 heterocycles. The van der Waals surface area contributed by atoms with E-state index in [2.05, 4.69) is 26.8 Å². The highest BCUT2D eigenvalue weighted by molar-refractivity contribution is 7.09. The number of pyridine rings is 1. The maximum absolute atomic E-state index is 12.7. The quantitative estimate of drug-likeness (QED) is 0.438. The molecule has 31 heavy (non-hydrogen) atoms. The molecular formula is C24H23N5OS. The minimum absolute atomic E-state index is 0.0820. The monoisotopic (exact) mass is 429 g/mol. The van der Waals surface area contributed by atoms with Gasteiger partial charge in [0.2, 0.25) is 11.0 Å². The fourth-order valence-electron chi connectivity index (χ4n) is 3.14. The SMILES string of the molecule is O=C(CN(Cc1ccccc1)c1nc(Cc2ccccc2)ns1)NCc1ccccn1. The standard InChI is InChI=1S/C24H23N5OS/c30-23(26-16-21-13-7-8-14-25-21)18-29(17-20-11-5-2-6-12-20)24-27-22(28-31-24)15-19-9-3-1-4-10-19/h1-14H,15-18H2,(H,26,30). The Kier molecular flexibility index (Phi) is 6.97. The minimum Gasteiger partial charge on any atom is -0.349 e. The fraction of sp³-hybridized carbons (Fsp3) is 0.167. The zero-order chi connectivity index (χ0) is 21.3. The number of carbonyl (C=O) groups is 1. The molecule has 0 fully saturated rings. The topological polar surface area (TPSA) is 71.0 Å². The molecule has 1 amide bonds. The van der Waals surface area contributed by atoms with Gasteiger partial charge in [0.1, 0.15) is 5.82 Å². The predicted octanol–water partition coefficient (Wildman–Crippen LogP) is 3.85. The minimum atomic E-state index is -0.0820. The van der Waals surface area contributed by atoms with E-state index < -0.39 is 0 Å². The van der Waals surface area contributed by atoms with Gasteiger partial charge in [0.05, 0.1) is 18.8 Å². The second-order valence-electron chi connectivity index (χ2n) is 7.10. The molecule has 0 bridgehead atoms. The van der Waals surface area contributed by atoms with E-state index in [9.17, 15) is 4.79 Å². The number of hydrogen-bond acceptors (Lipinski definition) is 6. The molecule has 7 heteroatoms. The van der Waals surface area contributed by atoms with E-state index >= 15 is 0 Å². The number of amides is 1. The second kappa shape index (κ2) is 10.4. The van der Waals surface area contributed by atoms with Crippen LogP contribution in [0, 0.1) is 0 Å². The first-order valence-electron chi connectivity index (χ1n) is 10.1. The zero-order valence-electron chi connectivity index (χ0n) is 17.0. The normalized spacial score (nSPS) is 10.6. The van der Waals surface area contributed by atoms with Gasteiger partial charge in [-0.1, -0.05) is 66.7 Å². The van der Waals surface area contributed by atoms with Crippen LogP contribution < -0.4 is 10.2 Å². The first-order valence-corrected chi connectivity index (χ1v) is 10.9. The third-order valence-electron chi connectivity index (χ3n) is 4.68. The summed E-state index contributed by atoms with van der Waals surface area (Å²) in [7, 11) is 0. The van der Waals surface area contributed by atoms with E-state index in [-0.39, 0.29) is 12.5 Å². The lowest BCUT2D eigenvalue weighted by Crippen LogP contribution is -2.36. The number of hydrogen-bond donors (Lipinski definition) is 1. The van der Waals surface area contributed by atoms with Crippen molar-refractivity contribution in [2.45, 2.75) is 19.5 Å². The smallest absolute Gasteiger partial charge is 0.239 e. The number of nitrogens with one attached hydrogen (secondary N) is 1. The van der Waals surface area contributed by atoms with E-state index in [0.717, 1.165) is 27.8 Å². The first kappa shape index (κ1) is 20.7. The Hall–Kier alpha value is -3.58. The van der Waals surface area contributed by atoms with Crippen molar-refractivity contribution in [1.29, 1.82) is 0 Å². The lowest BCUT2D eigenvalue weighted by molar-refractivity contribution is -0.120. The molecule has 0 spiro atoms. The molecule has 1 N–H and O–H groups in total. The molecule has 0 aliphatic heterocycles. The molecule has 6 nitrogen and oxygen atoms in total. The summed E-state index contributed by atoms with van der Waals surface area (Å²) in [5.74, 6) is 0.680. The van der Waals surface area contributed by atoms with Crippen molar-refractivity contribution in [3.05, 3.63) is 108 Å². The van der Waals surface area contributed by atoms with Crippen LogP contribution in [0.5, 0.6) is 0 Å². The molecule has 0 unspecified atom stereocenters. The predicted molar refractivity (Wildman–Crippen MR) is 123 cm³/mol. The maximum atomic E-state index is 12.7. The highest BCUT2D eigenvalue weighted by atomic mass is 32.1. The van der Waals surface area contributed by atoms with Crippen LogP contribution in [0.15, 0.2) is 85.1 Å². The summed E-state index contributed by atoms with van der Waals surface area (Å²) in [6, 6.07) is 25.9. The third kappa shape index (κ3) is 6.20. The Morgan fingerprint density at radius 2 is 1.61 bits per heavy atom. The van der Waals surface area contributed by atoms with E-state index in [4.69, 9.17) is 4.98 Å². The summed E-state index contributed by atoms with van der Waals surface area (Å²) in [4.78, 5) is 23.6. The molecule has 156 valence electrons. The van der Waals surface area contributed by atoms with Gasteiger partial charge in [-0.05, 0) is 23.3 Å². The van der Waals surface area contributed by atoms with Gasteiger partial charge < -0.3 is 10.2 Å². The van der Waals surface area contributed by atoms with Crippen LogP contribution in [0.4, 0.5) is 5.13 Å². The van der Waals surface area contributed by atoms with Gasteiger partial charge in [-0.25, -0.2) is 4.98 Å². The van der Waals surface area contributed by atoms with Crippen molar-refractivity contribution >= 4 is 22.6 Å². The summed E-state index contributed by atoms with van der Waals surface area (Å²) in [6.45, 7) is 1.17. The van der Waals surface area contributed by atoms with Gasteiger partial charge in [-0.2, -0.15) is 4.37 Å². The van der Waals surface area contributed by atoms with Crippen LogP contribution in [0.25, 0.3) is 0 Å². The van der Waals surface area contributed by atoms with Crippen LogP contribution in [0.1, 0.15) is 22.6 Å². The van der Waals surface area contributed by atoms with Crippen LogP contribution in [0.2, 0.25) is 0 Å². The van der Waals surface area contributed by atoms with Crippen molar-refractivity contribution < 1.29 is 4.79 Å². The molecule has 4 aromatic rings. The Labute approximate surface area is 185 Å². The maximum Gasteiger partial charge on any atom is 0.239 e. The van der Waals surface area contributed by atoms with Crippen molar-refractivity contribution in [3.8, 4) is 0 Å². The van der Waals surface area contributed by atoms with Crippen LogP contribution in [0.3, 0.4) is 0 Å². The summed E-state index contributed by atoms with van der Waals surface area (Å²) < 4.78 is 4.52. The average Bonchev–Trinajstić information content (AvgIpc) is 3.28. The Morgan fingerprint density at radius 3 is 2.32 bits per heavy atom. The number of aromatic nitrogens is 3. The van der Waals surface area contributed by atoms with Gasteiger partial charge >= 0.3 is 0 Å². The van der Waals surface area contributed by atoms with Crippen molar-refractivity contribution in [2.24, 2.45) is 0 Å². The summed E-state index contributed by atoms with van der Waals surface area (Å²) in [5, 5.41) is 3.68. The molecule has 2 aromatic carbocycles. The third-order valence-corrected chi connectivity index (χ3v) is 5.49. The average molecular weight is 430 g/mol. The van der Waals surface area contributed by atoms with E-state index in [0.29, 0.717) is 19.5 Å². The lowest BCUT2D eigenvalue weighted by Gasteiger charge is -2.21. The highest BCUT2D eigenvalue weighted by Gasteiger charge is 2.17. The largest absolute Gasteiger partial charge is 0.349 e. The molecule has 2 aromatic heterocycles. The van der Waals surface area contributed by atoms with Gasteiger partial charge in [-0.15, -0.1) is 0 Å². The fourth-order valence-corrected chi connectivity index (χ4v) is 3.82. The highest BCUT2D eigenvalue weighted by Crippen LogP contribution is 2.21. The summed E-state index contributed by atoms with van der Waals surface area (Å²) in [6.07, 6.45) is 2.39. The second-order valence-corrected chi connectivity index (χ2v) is 7.83. The number of rotatable bonds is 9. The number of benzene rings is 2. The lowest BCUT2D eigenvalue weighted by atomic mass is 10.1. The molecule has 0 atom stereocenters. The van der Waals surface area contributed by atoms with Crippen LogP contribution in [-0.4, -0.2) is 26.8 Å². The molecule has 0 aliphatic rings. The molecular weight excluding hydrogens is 406 g/mol. The summed E-state index contributed by atoms with van der Waals surface area (Å²) >= 11 is 1.33. The number of carbonyl (C=O) groups excluding carboxylic acids is 1. The Morgan fingerprint density at radius 1 is 0.903 bits per heavy atom. The number of nitrogens with zero attached hydrogens (tertiary/aromatic N) is 4. The van der Waals surface area contributed by atoms with Crippen molar-refractivity contribution in [2.75, 3.05) is 11.4 Å².